The van der Waals surface area contributed by atoms with E-state index in [1.165, 1.54) is 16.3 Å². The standard InChI is InChI=1S/C20H19NO2.ClH/c22-19-11-15-8-9-21-18(17(15)12-20(19)23)10-14-6-3-5-13-4-1-2-7-16(13)14;/h1-7,11-12,18,21-23H,8-10H2;1H. The van der Waals surface area contributed by atoms with Gasteiger partial charge in [-0.2, -0.15) is 0 Å². The third kappa shape index (κ3) is 2.93. The maximum absolute atomic E-state index is 9.85. The van der Waals surface area contributed by atoms with Crippen molar-refractivity contribution < 1.29 is 10.2 Å². The van der Waals surface area contributed by atoms with Crippen molar-refractivity contribution in [3.63, 3.8) is 0 Å². The molecule has 0 bridgehead atoms. The summed E-state index contributed by atoms with van der Waals surface area (Å²) in [6, 6.07) is 18.3. The Balaban J connectivity index is 0.00000169. The zero-order chi connectivity index (χ0) is 15.8. The number of benzene rings is 3. The molecule has 3 nitrogen and oxygen atoms in total. The van der Waals surface area contributed by atoms with E-state index in [9.17, 15) is 10.2 Å². The molecule has 0 spiro atoms. The average Bonchev–Trinajstić information content (AvgIpc) is 2.57. The van der Waals surface area contributed by atoms with Crippen molar-refractivity contribution in [2.45, 2.75) is 18.9 Å². The van der Waals surface area contributed by atoms with Gasteiger partial charge in [-0.25, -0.2) is 0 Å². The van der Waals surface area contributed by atoms with E-state index in [4.69, 9.17) is 0 Å². The summed E-state index contributed by atoms with van der Waals surface area (Å²) in [5.74, 6) is -0.0788. The van der Waals surface area contributed by atoms with Crippen LogP contribution in [-0.4, -0.2) is 16.8 Å². The van der Waals surface area contributed by atoms with Crippen molar-refractivity contribution in [3.8, 4) is 11.5 Å². The summed E-state index contributed by atoms with van der Waals surface area (Å²) in [5.41, 5.74) is 3.49. The molecule has 0 saturated heterocycles. The van der Waals surface area contributed by atoms with E-state index in [-0.39, 0.29) is 29.9 Å². The lowest BCUT2D eigenvalue weighted by atomic mass is 9.88. The molecule has 3 aromatic rings. The van der Waals surface area contributed by atoms with Gasteiger partial charge < -0.3 is 15.5 Å². The Morgan fingerprint density at radius 3 is 2.58 bits per heavy atom. The van der Waals surface area contributed by atoms with E-state index in [2.05, 4.69) is 47.8 Å². The van der Waals surface area contributed by atoms with Gasteiger partial charge >= 0.3 is 0 Å². The Hall–Kier alpha value is -2.23. The minimum absolute atomic E-state index is 0. The number of rotatable bonds is 2. The number of phenolic OH excluding ortho intramolecular Hbond substituents is 2. The molecule has 1 heterocycles. The summed E-state index contributed by atoms with van der Waals surface area (Å²) in [6.45, 7) is 0.882. The number of phenols is 2. The Labute approximate surface area is 147 Å². The van der Waals surface area contributed by atoms with Crippen LogP contribution in [0.25, 0.3) is 10.8 Å². The zero-order valence-electron chi connectivity index (χ0n) is 13.2. The van der Waals surface area contributed by atoms with E-state index in [0.29, 0.717) is 0 Å². The average molecular weight is 342 g/mol. The monoisotopic (exact) mass is 341 g/mol. The molecule has 1 aliphatic heterocycles. The molecule has 0 saturated carbocycles. The largest absolute Gasteiger partial charge is 0.504 e. The van der Waals surface area contributed by atoms with Gasteiger partial charge in [-0.1, -0.05) is 42.5 Å². The van der Waals surface area contributed by atoms with Crippen LogP contribution in [0, 0.1) is 0 Å². The van der Waals surface area contributed by atoms with Gasteiger partial charge in [-0.3, -0.25) is 0 Å². The molecular weight excluding hydrogens is 322 g/mol. The first-order chi connectivity index (χ1) is 11.2. The van der Waals surface area contributed by atoms with Gasteiger partial charge in [0.05, 0.1) is 0 Å². The van der Waals surface area contributed by atoms with Crippen molar-refractivity contribution in [2.24, 2.45) is 0 Å². The highest BCUT2D eigenvalue weighted by Gasteiger charge is 2.22. The van der Waals surface area contributed by atoms with Crippen LogP contribution < -0.4 is 5.32 Å². The predicted octanol–water partition coefficient (Wildman–Crippen LogP) is 4.10. The maximum atomic E-state index is 9.85. The first-order valence-electron chi connectivity index (χ1n) is 7.97. The van der Waals surface area contributed by atoms with Gasteiger partial charge in [-0.05, 0) is 59.0 Å². The summed E-state index contributed by atoms with van der Waals surface area (Å²) < 4.78 is 0. The molecule has 0 fully saturated rings. The molecule has 3 aromatic carbocycles. The molecular formula is C20H20ClNO2. The lowest BCUT2D eigenvalue weighted by Crippen LogP contribution is -2.31. The molecule has 24 heavy (non-hydrogen) atoms. The SMILES string of the molecule is Cl.Oc1cc2c(cc1O)C(Cc1cccc3ccccc13)NCC2. The molecule has 124 valence electrons. The molecule has 0 aromatic heterocycles. The van der Waals surface area contributed by atoms with E-state index in [1.807, 2.05) is 0 Å². The van der Waals surface area contributed by atoms with Crippen molar-refractivity contribution in [1.82, 2.24) is 5.32 Å². The highest BCUT2D eigenvalue weighted by Crippen LogP contribution is 2.35. The molecule has 1 aliphatic rings. The van der Waals surface area contributed by atoms with E-state index < -0.39 is 0 Å². The van der Waals surface area contributed by atoms with Crippen LogP contribution in [-0.2, 0) is 12.8 Å². The number of halogens is 1. The van der Waals surface area contributed by atoms with Gasteiger partial charge in [0.1, 0.15) is 0 Å². The molecule has 1 atom stereocenters. The smallest absolute Gasteiger partial charge is 0.157 e. The normalized spacial score (nSPS) is 16.4. The first-order valence-corrected chi connectivity index (χ1v) is 7.97. The van der Waals surface area contributed by atoms with Crippen LogP contribution in [0.4, 0.5) is 0 Å². The second-order valence-electron chi connectivity index (χ2n) is 6.14. The number of hydrogen-bond donors (Lipinski definition) is 3. The van der Waals surface area contributed by atoms with Crippen LogP contribution >= 0.6 is 12.4 Å². The summed E-state index contributed by atoms with van der Waals surface area (Å²) >= 11 is 0. The van der Waals surface area contributed by atoms with Crippen LogP contribution in [0.1, 0.15) is 22.7 Å². The summed E-state index contributed by atoms with van der Waals surface area (Å²) in [7, 11) is 0. The Kier molecular flexibility index (Phi) is 4.65. The number of fused-ring (bicyclic) bond motifs is 2. The minimum atomic E-state index is -0.0460. The highest BCUT2D eigenvalue weighted by molar-refractivity contribution is 5.86. The van der Waals surface area contributed by atoms with Crippen LogP contribution in [0.2, 0.25) is 0 Å². The van der Waals surface area contributed by atoms with Crippen molar-refractivity contribution in [2.75, 3.05) is 6.54 Å². The maximum Gasteiger partial charge on any atom is 0.157 e. The van der Waals surface area contributed by atoms with Gasteiger partial charge in [0.15, 0.2) is 11.5 Å². The fourth-order valence-corrected chi connectivity index (χ4v) is 3.54. The third-order valence-corrected chi connectivity index (χ3v) is 4.70. The summed E-state index contributed by atoms with van der Waals surface area (Å²) in [4.78, 5) is 0. The molecule has 0 radical (unpaired) electrons. The quantitative estimate of drug-likeness (QED) is 0.615. The Morgan fingerprint density at radius 2 is 1.71 bits per heavy atom. The van der Waals surface area contributed by atoms with Gasteiger partial charge in [0.25, 0.3) is 0 Å². The van der Waals surface area contributed by atoms with E-state index >= 15 is 0 Å². The van der Waals surface area contributed by atoms with Crippen molar-refractivity contribution >= 4 is 23.2 Å². The Bertz CT molecular complexity index is 873. The summed E-state index contributed by atoms with van der Waals surface area (Å²) in [6.07, 6.45) is 1.73. The second-order valence-corrected chi connectivity index (χ2v) is 6.14. The van der Waals surface area contributed by atoms with E-state index in [1.54, 1.807) is 12.1 Å². The third-order valence-electron chi connectivity index (χ3n) is 4.70. The second kappa shape index (κ2) is 6.71. The first kappa shape index (κ1) is 16.6. The number of nitrogens with one attached hydrogen (secondary N) is 1. The van der Waals surface area contributed by atoms with Gasteiger partial charge in [-0.15, -0.1) is 12.4 Å². The molecule has 0 amide bonds. The van der Waals surface area contributed by atoms with Gasteiger partial charge in [0.2, 0.25) is 0 Å². The predicted molar refractivity (Wildman–Crippen MR) is 99.1 cm³/mol. The highest BCUT2D eigenvalue weighted by atomic mass is 35.5. The fourth-order valence-electron chi connectivity index (χ4n) is 3.54. The van der Waals surface area contributed by atoms with Crippen LogP contribution in [0.3, 0.4) is 0 Å². The fraction of sp³-hybridized carbons (Fsp3) is 0.200. The zero-order valence-corrected chi connectivity index (χ0v) is 14.0. The number of aromatic hydroxyl groups is 2. The number of hydrogen-bond acceptors (Lipinski definition) is 3. The van der Waals surface area contributed by atoms with Crippen molar-refractivity contribution in [1.29, 1.82) is 0 Å². The molecule has 1 unspecified atom stereocenters. The topological polar surface area (TPSA) is 52.5 Å². The van der Waals surface area contributed by atoms with Gasteiger partial charge in [0, 0.05) is 6.04 Å². The summed E-state index contributed by atoms with van der Waals surface area (Å²) in [5, 5.41) is 25.6. The minimum Gasteiger partial charge on any atom is -0.504 e. The van der Waals surface area contributed by atoms with E-state index in [0.717, 1.165) is 30.5 Å². The molecule has 3 N–H and O–H groups in total. The lowest BCUT2D eigenvalue weighted by Gasteiger charge is -2.28. The molecule has 4 rings (SSSR count). The van der Waals surface area contributed by atoms with Crippen molar-refractivity contribution in [3.05, 3.63) is 71.3 Å². The Morgan fingerprint density at radius 1 is 0.958 bits per heavy atom. The van der Waals surface area contributed by atoms with Crippen LogP contribution in [0.5, 0.6) is 11.5 Å². The molecule has 4 heteroatoms. The lowest BCUT2D eigenvalue weighted by molar-refractivity contribution is 0.398. The van der Waals surface area contributed by atoms with Crippen LogP contribution in [0.15, 0.2) is 54.6 Å². The molecule has 0 aliphatic carbocycles.